The maximum atomic E-state index is 6.15. The maximum absolute atomic E-state index is 6.15. The molecular weight excluding hydrogens is 362 g/mol. The van der Waals surface area contributed by atoms with Gasteiger partial charge in [0.05, 0.1) is 19.8 Å². The van der Waals surface area contributed by atoms with E-state index in [0.717, 1.165) is 49.8 Å². The highest BCUT2D eigenvalue weighted by atomic mass is 16.5. The third-order valence-electron chi connectivity index (χ3n) is 5.28. The van der Waals surface area contributed by atoms with Crippen LogP contribution in [0.1, 0.15) is 42.6 Å². The van der Waals surface area contributed by atoms with Crippen molar-refractivity contribution in [2.24, 2.45) is 10.9 Å². The smallest absolute Gasteiger partial charge is 0.191 e. The van der Waals surface area contributed by atoms with Gasteiger partial charge in [0.2, 0.25) is 0 Å². The van der Waals surface area contributed by atoms with Gasteiger partial charge in [0, 0.05) is 25.6 Å². The quantitative estimate of drug-likeness (QED) is 0.544. The molecule has 0 aromatic heterocycles. The van der Waals surface area contributed by atoms with Gasteiger partial charge in [-0.2, -0.15) is 0 Å². The molecule has 3 rings (SSSR count). The summed E-state index contributed by atoms with van der Waals surface area (Å²) in [6.45, 7) is 7.30. The molecule has 0 saturated carbocycles. The number of methoxy groups -OCH3 is 1. The standard InChI is InChI=1S/C24H33N3O2/c1-4-25-24(26-16-19-7-5-9-22(15-19)28-3)27-17-21-8-6-14-29-23(21)20-12-10-18(2)11-13-20/h5,7,9-13,15,21,23H,4,6,8,14,16-17H2,1-3H3,(H2,25,26,27). The van der Waals surface area contributed by atoms with Crippen LogP contribution >= 0.6 is 0 Å². The van der Waals surface area contributed by atoms with E-state index in [1.165, 1.54) is 11.1 Å². The Morgan fingerprint density at radius 1 is 1.17 bits per heavy atom. The van der Waals surface area contributed by atoms with E-state index in [2.05, 4.69) is 54.8 Å². The average molecular weight is 396 g/mol. The van der Waals surface area contributed by atoms with Crippen molar-refractivity contribution in [1.82, 2.24) is 10.6 Å². The van der Waals surface area contributed by atoms with Crippen LogP contribution in [-0.4, -0.2) is 32.8 Å². The third kappa shape index (κ3) is 6.23. The van der Waals surface area contributed by atoms with Gasteiger partial charge in [0.15, 0.2) is 5.96 Å². The van der Waals surface area contributed by atoms with Crippen molar-refractivity contribution in [3.63, 3.8) is 0 Å². The summed E-state index contributed by atoms with van der Waals surface area (Å²) in [6, 6.07) is 16.8. The molecule has 0 bridgehead atoms. The molecule has 2 aromatic carbocycles. The zero-order valence-electron chi connectivity index (χ0n) is 17.8. The summed E-state index contributed by atoms with van der Waals surface area (Å²) >= 11 is 0. The van der Waals surface area contributed by atoms with E-state index in [1.807, 2.05) is 18.2 Å². The van der Waals surface area contributed by atoms with Crippen molar-refractivity contribution in [3.8, 4) is 5.75 Å². The van der Waals surface area contributed by atoms with Crippen molar-refractivity contribution in [1.29, 1.82) is 0 Å². The number of ether oxygens (including phenoxy) is 2. The van der Waals surface area contributed by atoms with Gasteiger partial charge >= 0.3 is 0 Å². The minimum atomic E-state index is 0.137. The fraction of sp³-hybridized carbons (Fsp3) is 0.458. The summed E-state index contributed by atoms with van der Waals surface area (Å²) in [7, 11) is 1.69. The molecule has 5 heteroatoms. The van der Waals surface area contributed by atoms with Crippen molar-refractivity contribution >= 4 is 5.96 Å². The van der Waals surface area contributed by atoms with Crippen molar-refractivity contribution in [2.45, 2.75) is 39.3 Å². The van der Waals surface area contributed by atoms with Crippen molar-refractivity contribution < 1.29 is 9.47 Å². The fourth-order valence-corrected chi connectivity index (χ4v) is 3.69. The van der Waals surface area contributed by atoms with E-state index in [-0.39, 0.29) is 6.10 Å². The van der Waals surface area contributed by atoms with Gasteiger partial charge in [-0.05, 0) is 49.9 Å². The Bertz CT molecular complexity index is 789. The molecule has 2 N–H and O–H groups in total. The zero-order valence-corrected chi connectivity index (χ0v) is 17.8. The first kappa shape index (κ1) is 21.2. The highest BCUT2D eigenvalue weighted by Gasteiger charge is 2.27. The molecule has 0 amide bonds. The first-order chi connectivity index (χ1) is 14.2. The van der Waals surface area contributed by atoms with Gasteiger partial charge in [-0.1, -0.05) is 42.0 Å². The lowest BCUT2D eigenvalue weighted by Gasteiger charge is -2.32. The molecule has 0 aliphatic carbocycles. The highest BCUT2D eigenvalue weighted by molar-refractivity contribution is 5.79. The molecule has 2 atom stereocenters. The highest BCUT2D eigenvalue weighted by Crippen LogP contribution is 2.33. The molecule has 1 heterocycles. The SMILES string of the molecule is CCNC(=NCc1cccc(OC)c1)NCC1CCCOC1c1ccc(C)cc1. The normalized spacial score (nSPS) is 19.6. The Balaban J connectivity index is 1.63. The molecule has 2 unspecified atom stereocenters. The Morgan fingerprint density at radius 3 is 2.76 bits per heavy atom. The minimum absolute atomic E-state index is 0.137. The van der Waals surface area contributed by atoms with Gasteiger partial charge in [-0.15, -0.1) is 0 Å². The number of hydrogen-bond donors (Lipinski definition) is 2. The third-order valence-corrected chi connectivity index (χ3v) is 5.28. The number of nitrogens with zero attached hydrogens (tertiary/aromatic N) is 1. The lowest BCUT2D eigenvalue weighted by Crippen LogP contribution is -2.42. The number of aryl methyl sites for hydroxylation is 1. The minimum Gasteiger partial charge on any atom is -0.497 e. The Hall–Kier alpha value is -2.53. The van der Waals surface area contributed by atoms with E-state index < -0.39 is 0 Å². The first-order valence-corrected chi connectivity index (χ1v) is 10.5. The van der Waals surface area contributed by atoms with Crippen LogP contribution in [0, 0.1) is 12.8 Å². The summed E-state index contributed by atoms with van der Waals surface area (Å²) < 4.78 is 11.5. The molecule has 0 spiro atoms. The topological polar surface area (TPSA) is 54.9 Å². The molecule has 5 nitrogen and oxygen atoms in total. The van der Waals surface area contributed by atoms with Gasteiger partial charge in [0.1, 0.15) is 5.75 Å². The first-order valence-electron chi connectivity index (χ1n) is 10.5. The van der Waals surface area contributed by atoms with E-state index in [0.29, 0.717) is 12.5 Å². The van der Waals surface area contributed by atoms with Gasteiger partial charge in [0.25, 0.3) is 0 Å². The molecule has 2 aromatic rings. The Labute approximate surface area is 174 Å². The van der Waals surface area contributed by atoms with Crippen molar-refractivity contribution in [3.05, 3.63) is 65.2 Å². The second-order valence-corrected chi connectivity index (χ2v) is 7.53. The summed E-state index contributed by atoms with van der Waals surface area (Å²) in [6.07, 6.45) is 2.39. The van der Waals surface area contributed by atoms with Crippen LogP contribution in [0.25, 0.3) is 0 Å². The number of guanidine groups is 1. The van der Waals surface area contributed by atoms with Gasteiger partial charge < -0.3 is 20.1 Å². The van der Waals surface area contributed by atoms with Crippen LogP contribution in [0.2, 0.25) is 0 Å². The summed E-state index contributed by atoms with van der Waals surface area (Å²) in [5.74, 6) is 2.12. The zero-order chi connectivity index (χ0) is 20.5. The lowest BCUT2D eigenvalue weighted by atomic mass is 9.89. The largest absolute Gasteiger partial charge is 0.497 e. The molecule has 1 aliphatic heterocycles. The Kier molecular flexibility index (Phi) is 7.94. The molecule has 1 saturated heterocycles. The van der Waals surface area contributed by atoms with Gasteiger partial charge in [-0.25, -0.2) is 4.99 Å². The van der Waals surface area contributed by atoms with E-state index in [1.54, 1.807) is 7.11 Å². The molecule has 0 radical (unpaired) electrons. The number of nitrogens with one attached hydrogen (secondary N) is 2. The molecule has 1 aliphatic rings. The van der Waals surface area contributed by atoms with E-state index in [9.17, 15) is 0 Å². The maximum Gasteiger partial charge on any atom is 0.191 e. The summed E-state index contributed by atoms with van der Waals surface area (Å²) in [5, 5.41) is 6.88. The predicted octanol–water partition coefficient (Wildman–Crippen LogP) is 4.23. The number of benzene rings is 2. The van der Waals surface area contributed by atoms with Crippen LogP contribution in [0.15, 0.2) is 53.5 Å². The van der Waals surface area contributed by atoms with Crippen LogP contribution in [0.5, 0.6) is 5.75 Å². The van der Waals surface area contributed by atoms with Crippen LogP contribution in [0.3, 0.4) is 0 Å². The average Bonchev–Trinajstić information content (AvgIpc) is 2.76. The van der Waals surface area contributed by atoms with E-state index in [4.69, 9.17) is 14.5 Å². The number of hydrogen-bond acceptors (Lipinski definition) is 3. The van der Waals surface area contributed by atoms with Crippen LogP contribution in [0.4, 0.5) is 0 Å². The number of aliphatic imine (C=N–C) groups is 1. The predicted molar refractivity (Wildman–Crippen MR) is 118 cm³/mol. The summed E-state index contributed by atoms with van der Waals surface area (Å²) in [4.78, 5) is 4.75. The molecule has 156 valence electrons. The Morgan fingerprint density at radius 2 is 2.00 bits per heavy atom. The van der Waals surface area contributed by atoms with E-state index >= 15 is 0 Å². The second kappa shape index (κ2) is 10.9. The monoisotopic (exact) mass is 395 g/mol. The molecule has 29 heavy (non-hydrogen) atoms. The lowest BCUT2D eigenvalue weighted by molar-refractivity contribution is -0.0265. The second-order valence-electron chi connectivity index (χ2n) is 7.53. The van der Waals surface area contributed by atoms with Crippen LogP contribution < -0.4 is 15.4 Å². The molecule has 1 fully saturated rings. The number of rotatable bonds is 7. The summed E-state index contributed by atoms with van der Waals surface area (Å²) in [5.41, 5.74) is 3.67. The van der Waals surface area contributed by atoms with Crippen LogP contribution in [-0.2, 0) is 11.3 Å². The molecular formula is C24H33N3O2. The fourth-order valence-electron chi connectivity index (χ4n) is 3.69. The van der Waals surface area contributed by atoms with Gasteiger partial charge in [-0.3, -0.25) is 0 Å². The van der Waals surface area contributed by atoms with Crippen molar-refractivity contribution in [2.75, 3.05) is 26.8 Å².